The summed E-state index contributed by atoms with van der Waals surface area (Å²) < 4.78 is 21.0. The zero-order valence-electron chi connectivity index (χ0n) is 17.0. The highest BCUT2D eigenvalue weighted by atomic mass is 32.1. The summed E-state index contributed by atoms with van der Waals surface area (Å²) in [6, 6.07) is 17.3. The fourth-order valence-electron chi connectivity index (χ4n) is 3.19. The summed E-state index contributed by atoms with van der Waals surface area (Å²) in [5, 5.41) is 5.85. The number of rotatable bonds is 8. The second-order valence-electron chi connectivity index (χ2n) is 6.92. The predicted octanol–water partition coefficient (Wildman–Crippen LogP) is 4.77. The van der Waals surface area contributed by atoms with E-state index in [4.69, 9.17) is 4.74 Å². The smallest absolute Gasteiger partial charge is 0.261 e. The van der Waals surface area contributed by atoms with Crippen molar-refractivity contribution >= 4 is 38.9 Å². The van der Waals surface area contributed by atoms with E-state index in [1.54, 1.807) is 48.8 Å². The van der Waals surface area contributed by atoms with E-state index in [9.17, 15) is 14.0 Å². The molecule has 32 heavy (non-hydrogen) atoms. The summed E-state index contributed by atoms with van der Waals surface area (Å²) in [7, 11) is 0. The van der Waals surface area contributed by atoms with E-state index in [1.807, 2.05) is 18.2 Å². The molecule has 0 saturated carbocycles. The Morgan fingerprint density at radius 1 is 1.03 bits per heavy atom. The Hall–Kier alpha value is -3.78. The maximum atomic E-state index is 14.6. The Bertz CT molecular complexity index is 1230. The van der Waals surface area contributed by atoms with Gasteiger partial charge in [-0.3, -0.25) is 14.6 Å². The third kappa shape index (κ3) is 5.09. The molecule has 2 N–H and O–H groups in total. The lowest BCUT2D eigenvalue weighted by atomic mass is 10.1. The Kier molecular flexibility index (Phi) is 6.72. The van der Waals surface area contributed by atoms with Crippen LogP contribution in [0.25, 0.3) is 10.1 Å². The van der Waals surface area contributed by atoms with Crippen molar-refractivity contribution in [2.24, 2.45) is 0 Å². The number of para-hydroxylation sites is 1. The quantitative estimate of drug-likeness (QED) is 0.406. The van der Waals surface area contributed by atoms with Crippen LogP contribution in [0.5, 0.6) is 5.75 Å². The van der Waals surface area contributed by atoms with Crippen LogP contribution in [0.2, 0.25) is 0 Å². The van der Waals surface area contributed by atoms with Crippen molar-refractivity contribution in [2.45, 2.75) is 13.0 Å². The van der Waals surface area contributed by atoms with Crippen LogP contribution in [0.15, 0.2) is 73.1 Å². The van der Waals surface area contributed by atoms with Gasteiger partial charge in [0.15, 0.2) is 0 Å². The first-order valence-electron chi connectivity index (χ1n) is 9.97. The molecule has 0 bridgehead atoms. The molecule has 4 rings (SSSR count). The minimum absolute atomic E-state index is 0.0508. The first-order chi connectivity index (χ1) is 15.6. The van der Waals surface area contributed by atoms with Crippen LogP contribution in [-0.2, 0) is 11.4 Å². The van der Waals surface area contributed by atoms with Gasteiger partial charge in [0.05, 0.1) is 16.8 Å². The van der Waals surface area contributed by atoms with Crippen molar-refractivity contribution in [1.82, 2.24) is 10.3 Å². The molecule has 4 aromatic rings. The van der Waals surface area contributed by atoms with Crippen molar-refractivity contribution in [1.29, 1.82) is 0 Å². The van der Waals surface area contributed by atoms with Gasteiger partial charge < -0.3 is 15.4 Å². The molecule has 2 heterocycles. The fraction of sp³-hybridized carbons (Fsp3) is 0.125. The van der Waals surface area contributed by atoms with Crippen LogP contribution in [0.4, 0.5) is 10.1 Å². The molecule has 0 saturated heterocycles. The number of aromatic nitrogens is 1. The van der Waals surface area contributed by atoms with Crippen LogP contribution >= 0.6 is 11.3 Å². The van der Waals surface area contributed by atoms with E-state index in [2.05, 4.69) is 15.6 Å². The number of amides is 2. The number of ether oxygens (including phenoxy) is 1. The van der Waals surface area contributed by atoms with Crippen molar-refractivity contribution in [3.05, 3.63) is 89.3 Å². The Balaban J connectivity index is 1.45. The molecule has 2 aromatic carbocycles. The highest BCUT2D eigenvalue weighted by Crippen LogP contribution is 2.34. The highest BCUT2D eigenvalue weighted by molar-refractivity contribution is 7.21. The fourth-order valence-corrected chi connectivity index (χ4v) is 4.33. The number of pyridine rings is 1. The van der Waals surface area contributed by atoms with Crippen LogP contribution in [0.1, 0.15) is 21.7 Å². The van der Waals surface area contributed by atoms with Crippen LogP contribution in [0, 0.1) is 5.82 Å². The summed E-state index contributed by atoms with van der Waals surface area (Å²) in [4.78, 5) is 29.3. The van der Waals surface area contributed by atoms with Crippen molar-refractivity contribution < 1.29 is 18.7 Å². The molecule has 0 aliphatic heterocycles. The van der Waals surface area contributed by atoms with Crippen LogP contribution in [-0.4, -0.2) is 23.3 Å². The van der Waals surface area contributed by atoms with Crippen molar-refractivity contribution in [3.63, 3.8) is 0 Å². The number of fused-ring (bicyclic) bond motifs is 1. The molecule has 2 amide bonds. The Labute approximate surface area is 188 Å². The summed E-state index contributed by atoms with van der Waals surface area (Å²) in [6.07, 6.45) is 3.25. The van der Waals surface area contributed by atoms with E-state index in [1.165, 1.54) is 17.4 Å². The van der Waals surface area contributed by atoms with Gasteiger partial charge in [-0.05, 0) is 36.4 Å². The summed E-state index contributed by atoms with van der Waals surface area (Å²) in [5.41, 5.74) is 1.08. The third-order valence-corrected chi connectivity index (χ3v) is 5.87. The van der Waals surface area contributed by atoms with E-state index in [0.717, 1.165) is 0 Å². The molecular formula is C24H20FN3O3S. The van der Waals surface area contributed by atoms with Gasteiger partial charge in [0.2, 0.25) is 5.91 Å². The SMILES string of the molecule is O=C(CCNC(=O)c1sc2cccc(F)c2c1COc1ccccc1)Nc1cccnc1. The van der Waals surface area contributed by atoms with E-state index >= 15 is 0 Å². The third-order valence-electron chi connectivity index (χ3n) is 4.68. The maximum absolute atomic E-state index is 14.6. The predicted molar refractivity (Wildman–Crippen MR) is 122 cm³/mol. The van der Waals surface area contributed by atoms with Gasteiger partial charge in [0.25, 0.3) is 5.91 Å². The molecule has 0 aliphatic rings. The second-order valence-corrected chi connectivity index (χ2v) is 7.97. The number of hydrogen-bond acceptors (Lipinski definition) is 5. The Morgan fingerprint density at radius 2 is 1.88 bits per heavy atom. The number of hydrogen-bond donors (Lipinski definition) is 2. The molecule has 0 spiro atoms. The largest absolute Gasteiger partial charge is 0.489 e. The number of nitrogens with zero attached hydrogens (tertiary/aromatic N) is 1. The molecule has 0 unspecified atom stereocenters. The summed E-state index contributed by atoms with van der Waals surface area (Å²) >= 11 is 1.20. The van der Waals surface area contributed by atoms with Gasteiger partial charge in [0.1, 0.15) is 18.2 Å². The lowest BCUT2D eigenvalue weighted by Crippen LogP contribution is -2.27. The monoisotopic (exact) mass is 449 g/mol. The van der Waals surface area contributed by atoms with Crippen LogP contribution < -0.4 is 15.4 Å². The molecule has 6 nitrogen and oxygen atoms in total. The molecule has 2 aromatic heterocycles. The van der Waals surface area contributed by atoms with Crippen molar-refractivity contribution in [3.8, 4) is 5.75 Å². The van der Waals surface area contributed by atoms with Gasteiger partial charge in [0, 0.05) is 34.8 Å². The zero-order chi connectivity index (χ0) is 22.3. The first-order valence-corrected chi connectivity index (χ1v) is 10.8. The number of carbonyl (C=O) groups excluding carboxylic acids is 2. The highest BCUT2D eigenvalue weighted by Gasteiger charge is 2.21. The lowest BCUT2D eigenvalue weighted by molar-refractivity contribution is -0.116. The van der Waals surface area contributed by atoms with Gasteiger partial charge in [-0.15, -0.1) is 11.3 Å². The van der Waals surface area contributed by atoms with E-state index < -0.39 is 5.82 Å². The average Bonchev–Trinajstić information content (AvgIpc) is 3.19. The topological polar surface area (TPSA) is 80.3 Å². The number of carbonyl (C=O) groups is 2. The first kappa shape index (κ1) is 21.5. The summed E-state index contributed by atoms with van der Waals surface area (Å²) in [5.74, 6) is -0.387. The van der Waals surface area contributed by atoms with Gasteiger partial charge in [-0.2, -0.15) is 0 Å². The number of nitrogens with one attached hydrogen (secondary N) is 2. The van der Waals surface area contributed by atoms with E-state index in [0.29, 0.717) is 32.0 Å². The van der Waals surface area contributed by atoms with E-state index in [-0.39, 0.29) is 31.4 Å². The minimum atomic E-state index is -0.402. The lowest BCUT2D eigenvalue weighted by Gasteiger charge is -2.09. The minimum Gasteiger partial charge on any atom is -0.489 e. The second kappa shape index (κ2) is 10.0. The maximum Gasteiger partial charge on any atom is 0.261 e. The molecular weight excluding hydrogens is 429 g/mol. The van der Waals surface area contributed by atoms with Gasteiger partial charge in [-0.25, -0.2) is 4.39 Å². The van der Waals surface area contributed by atoms with Gasteiger partial charge in [-0.1, -0.05) is 24.3 Å². The normalized spacial score (nSPS) is 10.7. The Morgan fingerprint density at radius 3 is 2.66 bits per heavy atom. The number of benzene rings is 2. The molecule has 8 heteroatoms. The van der Waals surface area contributed by atoms with Crippen LogP contribution in [0.3, 0.4) is 0 Å². The number of thiophene rings is 1. The average molecular weight is 450 g/mol. The van der Waals surface area contributed by atoms with Crippen molar-refractivity contribution in [2.75, 3.05) is 11.9 Å². The standard InChI is InChI=1S/C24H20FN3O3S/c25-19-9-4-10-20-22(19)18(15-31-17-7-2-1-3-8-17)23(32-20)24(30)27-13-11-21(29)28-16-6-5-12-26-14-16/h1-10,12,14H,11,13,15H2,(H,27,30)(H,28,29). The molecule has 0 radical (unpaired) electrons. The van der Waals surface area contributed by atoms with Gasteiger partial charge >= 0.3 is 0 Å². The zero-order valence-corrected chi connectivity index (χ0v) is 17.8. The molecule has 162 valence electrons. The summed E-state index contributed by atoms with van der Waals surface area (Å²) in [6.45, 7) is 0.190. The molecule has 0 aliphatic carbocycles. The molecule has 0 atom stereocenters. The molecule has 0 fully saturated rings. The number of halogens is 1. The number of anilines is 1.